The lowest BCUT2D eigenvalue weighted by Crippen LogP contribution is -2.06. The third-order valence-corrected chi connectivity index (χ3v) is 4.82. The first kappa shape index (κ1) is 18.0. The molecule has 0 radical (unpaired) electrons. The molecule has 0 saturated carbocycles. The highest BCUT2D eigenvalue weighted by Crippen LogP contribution is 2.23. The average molecular weight is 369 g/mol. The first-order chi connectivity index (χ1) is 12.6. The molecule has 3 rings (SSSR count). The largest absolute Gasteiger partial charge is 0.492 e. The average Bonchev–Trinajstić information content (AvgIpc) is 3.00. The van der Waals surface area contributed by atoms with Crippen LogP contribution in [0.4, 0.5) is 0 Å². The quantitative estimate of drug-likeness (QED) is 0.506. The van der Waals surface area contributed by atoms with Crippen LogP contribution >= 0.6 is 11.8 Å². The third-order valence-electron chi connectivity index (χ3n) is 3.83. The number of aromatic nitrogens is 3. The van der Waals surface area contributed by atoms with E-state index in [1.54, 1.807) is 18.2 Å². The zero-order chi connectivity index (χ0) is 18.5. The normalized spacial score (nSPS) is 10.7. The van der Waals surface area contributed by atoms with Gasteiger partial charge in [-0.2, -0.15) is 0 Å². The van der Waals surface area contributed by atoms with E-state index >= 15 is 0 Å². The number of hydrogen-bond donors (Lipinski definition) is 1. The SMILES string of the molecule is Cc1ccc(-c2nnc(SCCOc3ccccc3C(=O)O)n2C)cc1. The van der Waals surface area contributed by atoms with Crippen molar-refractivity contribution in [1.82, 2.24) is 14.8 Å². The van der Waals surface area contributed by atoms with Crippen LogP contribution in [-0.4, -0.2) is 38.2 Å². The van der Waals surface area contributed by atoms with Crippen LogP contribution in [0, 0.1) is 6.92 Å². The van der Waals surface area contributed by atoms with E-state index in [0.717, 1.165) is 16.5 Å². The van der Waals surface area contributed by atoms with Crippen LogP contribution in [0.2, 0.25) is 0 Å². The Labute approximate surface area is 155 Å². The minimum absolute atomic E-state index is 0.165. The summed E-state index contributed by atoms with van der Waals surface area (Å²) < 4.78 is 7.55. The number of aromatic carboxylic acids is 1. The molecular formula is C19H19N3O3S. The summed E-state index contributed by atoms with van der Waals surface area (Å²) in [7, 11) is 1.93. The lowest BCUT2D eigenvalue weighted by Gasteiger charge is -2.08. The summed E-state index contributed by atoms with van der Waals surface area (Å²) >= 11 is 1.52. The van der Waals surface area contributed by atoms with E-state index in [1.807, 2.05) is 42.8 Å². The van der Waals surface area contributed by atoms with E-state index in [9.17, 15) is 4.79 Å². The number of carbonyl (C=O) groups is 1. The van der Waals surface area contributed by atoms with E-state index in [1.165, 1.54) is 23.4 Å². The second-order valence-corrected chi connectivity index (χ2v) is 6.79. The fraction of sp³-hybridized carbons (Fsp3) is 0.211. The van der Waals surface area contributed by atoms with Crippen molar-refractivity contribution in [1.29, 1.82) is 0 Å². The molecule has 1 heterocycles. The van der Waals surface area contributed by atoms with Crippen molar-refractivity contribution in [2.45, 2.75) is 12.1 Å². The van der Waals surface area contributed by atoms with Crippen LogP contribution in [0.3, 0.4) is 0 Å². The maximum Gasteiger partial charge on any atom is 0.339 e. The van der Waals surface area contributed by atoms with Crippen molar-refractivity contribution in [3.05, 3.63) is 59.7 Å². The topological polar surface area (TPSA) is 77.2 Å². The van der Waals surface area contributed by atoms with E-state index in [-0.39, 0.29) is 5.56 Å². The highest BCUT2D eigenvalue weighted by atomic mass is 32.2. The Morgan fingerprint density at radius 2 is 1.88 bits per heavy atom. The van der Waals surface area contributed by atoms with Crippen LogP contribution < -0.4 is 4.74 Å². The lowest BCUT2D eigenvalue weighted by atomic mass is 10.1. The number of carboxylic acid groups (broad SMARTS) is 1. The van der Waals surface area contributed by atoms with Crippen LogP contribution in [-0.2, 0) is 7.05 Å². The zero-order valence-electron chi connectivity index (χ0n) is 14.5. The fourth-order valence-electron chi connectivity index (χ4n) is 2.45. The summed E-state index contributed by atoms with van der Waals surface area (Å²) in [5, 5.41) is 18.4. The second kappa shape index (κ2) is 8.05. The number of aryl methyl sites for hydroxylation is 1. The van der Waals surface area contributed by atoms with Crippen LogP contribution in [0.1, 0.15) is 15.9 Å². The molecule has 1 aromatic heterocycles. The van der Waals surface area contributed by atoms with Gasteiger partial charge in [0.25, 0.3) is 0 Å². The van der Waals surface area contributed by atoms with E-state index in [2.05, 4.69) is 10.2 Å². The monoisotopic (exact) mass is 369 g/mol. The van der Waals surface area contributed by atoms with E-state index in [4.69, 9.17) is 9.84 Å². The molecule has 0 bridgehead atoms. The van der Waals surface area contributed by atoms with Crippen molar-refractivity contribution in [2.75, 3.05) is 12.4 Å². The number of rotatable bonds is 7. The number of carboxylic acids is 1. The number of benzene rings is 2. The van der Waals surface area contributed by atoms with Gasteiger partial charge in [-0.25, -0.2) is 4.79 Å². The Morgan fingerprint density at radius 1 is 1.15 bits per heavy atom. The molecule has 1 N–H and O–H groups in total. The van der Waals surface area contributed by atoms with Gasteiger partial charge in [0, 0.05) is 18.4 Å². The number of ether oxygens (including phenoxy) is 1. The molecule has 7 heteroatoms. The minimum atomic E-state index is -0.996. The van der Waals surface area contributed by atoms with Gasteiger partial charge in [0.2, 0.25) is 0 Å². The third kappa shape index (κ3) is 4.05. The Morgan fingerprint density at radius 3 is 2.62 bits per heavy atom. The molecule has 0 aliphatic heterocycles. The maximum absolute atomic E-state index is 11.2. The van der Waals surface area contributed by atoms with Gasteiger partial charge in [-0.15, -0.1) is 10.2 Å². The van der Waals surface area contributed by atoms with Crippen molar-refractivity contribution in [3.8, 4) is 17.1 Å². The molecule has 26 heavy (non-hydrogen) atoms. The Kier molecular flexibility index (Phi) is 5.58. The molecule has 0 saturated heterocycles. The van der Waals surface area contributed by atoms with Crippen LogP contribution in [0.25, 0.3) is 11.4 Å². The summed E-state index contributed by atoms with van der Waals surface area (Å²) in [6, 6.07) is 14.8. The van der Waals surface area contributed by atoms with Crippen LogP contribution in [0.5, 0.6) is 5.75 Å². The summed E-state index contributed by atoms with van der Waals surface area (Å²) in [5.41, 5.74) is 2.38. The molecule has 0 aliphatic carbocycles. The predicted octanol–water partition coefficient (Wildman–Crippen LogP) is 3.66. The van der Waals surface area contributed by atoms with Gasteiger partial charge in [-0.3, -0.25) is 0 Å². The van der Waals surface area contributed by atoms with Gasteiger partial charge in [0.1, 0.15) is 11.3 Å². The minimum Gasteiger partial charge on any atom is -0.492 e. The summed E-state index contributed by atoms with van der Waals surface area (Å²) in [6.07, 6.45) is 0. The molecule has 0 unspecified atom stereocenters. The van der Waals surface area contributed by atoms with Gasteiger partial charge >= 0.3 is 5.97 Å². The van der Waals surface area contributed by atoms with Gasteiger partial charge in [0.15, 0.2) is 11.0 Å². The van der Waals surface area contributed by atoms with Crippen LogP contribution in [0.15, 0.2) is 53.7 Å². The molecule has 0 spiro atoms. The maximum atomic E-state index is 11.2. The zero-order valence-corrected chi connectivity index (χ0v) is 15.4. The number of hydrogen-bond acceptors (Lipinski definition) is 5. The fourth-order valence-corrected chi connectivity index (χ4v) is 3.18. The summed E-state index contributed by atoms with van der Waals surface area (Å²) in [4.78, 5) is 11.2. The first-order valence-corrected chi connectivity index (χ1v) is 9.09. The summed E-state index contributed by atoms with van der Waals surface area (Å²) in [5.74, 6) is 0.821. The van der Waals surface area contributed by atoms with E-state index < -0.39 is 5.97 Å². The highest BCUT2D eigenvalue weighted by molar-refractivity contribution is 7.99. The molecule has 0 atom stereocenters. The Bertz CT molecular complexity index is 907. The summed E-state index contributed by atoms with van der Waals surface area (Å²) in [6.45, 7) is 2.42. The smallest absolute Gasteiger partial charge is 0.339 e. The van der Waals surface area contributed by atoms with Crippen molar-refractivity contribution in [2.24, 2.45) is 7.05 Å². The van der Waals surface area contributed by atoms with Gasteiger partial charge in [0.05, 0.1) is 6.61 Å². The Hall–Kier alpha value is -2.80. The van der Waals surface area contributed by atoms with Gasteiger partial charge in [-0.1, -0.05) is 53.7 Å². The lowest BCUT2D eigenvalue weighted by molar-refractivity contribution is 0.0692. The number of nitrogens with zero attached hydrogens (tertiary/aromatic N) is 3. The molecule has 3 aromatic rings. The molecule has 2 aromatic carbocycles. The molecule has 6 nitrogen and oxygen atoms in total. The van der Waals surface area contributed by atoms with Gasteiger partial charge < -0.3 is 14.4 Å². The van der Waals surface area contributed by atoms with Crippen molar-refractivity contribution < 1.29 is 14.6 Å². The number of para-hydroxylation sites is 1. The van der Waals surface area contributed by atoms with Crippen molar-refractivity contribution in [3.63, 3.8) is 0 Å². The molecule has 134 valence electrons. The standard InChI is InChI=1S/C19H19N3O3S/c1-13-7-9-14(10-8-13)17-20-21-19(22(17)2)26-12-11-25-16-6-4-3-5-15(16)18(23)24/h3-10H,11-12H2,1-2H3,(H,23,24). The van der Waals surface area contributed by atoms with Crippen molar-refractivity contribution >= 4 is 17.7 Å². The Balaban J connectivity index is 1.59. The predicted molar refractivity (Wildman–Crippen MR) is 101 cm³/mol. The first-order valence-electron chi connectivity index (χ1n) is 8.10. The number of thioether (sulfide) groups is 1. The second-order valence-electron chi connectivity index (χ2n) is 5.73. The highest BCUT2D eigenvalue weighted by Gasteiger charge is 2.12. The molecule has 0 aliphatic rings. The molecular weight excluding hydrogens is 350 g/mol. The molecule has 0 fully saturated rings. The van der Waals surface area contributed by atoms with Gasteiger partial charge in [-0.05, 0) is 19.1 Å². The van der Waals surface area contributed by atoms with E-state index in [0.29, 0.717) is 18.1 Å². The molecule has 0 amide bonds.